The molecule has 1 aromatic heterocycles. The minimum absolute atomic E-state index is 0.378. The number of halogens is 1. The molecule has 1 atom stereocenters. The first-order valence-electron chi connectivity index (χ1n) is 9.49. The maximum Gasteiger partial charge on any atom is 0.325 e. The predicted molar refractivity (Wildman–Crippen MR) is 120 cm³/mol. The molecule has 3 aromatic rings. The van der Waals surface area contributed by atoms with Gasteiger partial charge in [-0.25, -0.2) is 9.78 Å². The molecule has 4 amide bonds. The number of imide groups is 1. The lowest BCUT2D eigenvalue weighted by atomic mass is 9.91. The van der Waals surface area contributed by atoms with Gasteiger partial charge in [-0.2, -0.15) is 0 Å². The van der Waals surface area contributed by atoms with Crippen LogP contribution in [-0.2, 0) is 15.1 Å². The third-order valence-electron chi connectivity index (χ3n) is 5.10. The molecule has 1 saturated heterocycles. The van der Waals surface area contributed by atoms with E-state index in [0.29, 0.717) is 21.4 Å². The van der Waals surface area contributed by atoms with Crippen LogP contribution >= 0.6 is 22.9 Å². The molecule has 2 aromatic carbocycles. The zero-order valence-electron chi connectivity index (χ0n) is 16.8. The number of rotatable bonds is 5. The largest absolute Gasteiger partial charge is 0.325 e. The van der Waals surface area contributed by atoms with Crippen molar-refractivity contribution in [3.63, 3.8) is 0 Å². The van der Waals surface area contributed by atoms with Gasteiger partial charge >= 0.3 is 6.03 Å². The number of hydrogen-bond donors (Lipinski definition) is 2. The number of hydrogen-bond acceptors (Lipinski definition) is 5. The number of aromatic nitrogens is 1. The Bertz CT molecular complexity index is 1160. The highest BCUT2D eigenvalue weighted by Gasteiger charge is 2.49. The number of nitrogens with one attached hydrogen (secondary N) is 2. The first kappa shape index (κ1) is 21.0. The fourth-order valence-corrected chi connectivity index (χ4v) is 4.17. The van der Waals surface area contributed by atoms with E-state index in [0.717, 1.165) is 16.0 Å². The van der Waals surface area contributed by atoms with Crippen LogP contribution in [0.15, 0.2) is 53.9 Å². The summed E-state index contributed by atoms with van der Waals surface area (Å²) >= 11 is 7.16. The normalized spacial score (nSPS) is 18.2. The molecule has 0 saturated carbocycles. The lowest BCUT2D eigenvalue weighted by Gasteiger charge is -2.22. The van der Waals surface area contributed by atoms with Crippen molar-refractivity contribution in [3.05, 3.63) is 70.1 Å². The summed E-state index contributed by atoms with van der Waals surface area (Å²) in [6, 6.07) is 13.9. The van der Waals surface area contributed by atoms with Gasteiger partial charge in [0.15, 0.2) is 5.13 Å². The molecule has 7 nitrogen and oxygen atoms in total. The van der Waals surface area contributed by atoms with E-state index >= 15 is 0 Å². The summed E-state index contributed by atoms with van der Waals surface area (Å²) in [7, 11) is 0. The Morgan fingerprint density at radius 1 is 1.16 bits per heavy atom. The van der Waals surface area contributed by atoms with Crippen molar-refractivity contribution in [3.8, 4) is 11.3 Å². The van der Waals surface area contributed by atoms with Crippen LogP contribution in [0.1, 0.15) is 18.1 Å². The molecule has 2 N–H and O–H groups in total. The minimum Gasteiger partial charge on any atom is -0.319 e. The third kappa shape index (κ3) is 4.17. The second kappa shape index (κ2) is 8.13. The van der Waals surface area contributed by atoms with Crippen LogP contribution in [-0.4, -0.2) is 34.3 Å². The summed E-state index contributed by atoms with van der Waals surface area (Å²) in [6.07, 6.45) is 0. The first-order chi connectivity index (χ1) is 14.8. The van der Waals surface area contributed by atoms with Crippen molar-refractivity contribution in [1.29, 1.82) is 0 Å². The number of amides is 4. The van der Waals surface area contributed by atoms with Gasteiger partial charge in [-0.3, -0.25) is 14.5 Å². The van der Waals surface area contributed by atoms with Gasteiger partial charge in [0.1, 0.15) is 12.1 Å². The summed E-state index contributed by atoms with van der Waals surface area (Å²) in [5.41, 5.74) is 2.05. The Balaban J connectivity index is 1.44. The molecule has 31 heavy (non-hydrogen) atoms. The number of anilines is 1. The Morgan fingerprint density at radius 3 is 2.52 bits per heavy atom. The quantitative estimate of drug-likeness (QED) is 0.566. The van der Waals surface area contributed by atoms with E-state index in [9.17, 15) is 14.4 Å². The topological polar surface area (TPSA) is 91.4 Å². The van der Waals surface area contributed by atoms with E-state index in [-0.39, 0.29) is 0 Å². The molecule has 1 unspecified atom stereocenters. The number of carbonyl (C=O) groups excluding carboxylic acids is 3. The van der Waals surface area contributed by atoms with Crippen LogP contribution < -0.4 is 10.6 Å². The molecule has 0 spiro atoms. The smallest absolute Gasteiger partial charge is 0.319 e. The van der Waals surface area contributed by atoms with E-state index in [4.69, 9.17) is 11.6 Å². The van der Waals surface area contributed by atoms with Gasteiger partial charge in [-0.15, -0.1) is 11.3 Å². The molecule has 1 aliphatic heterocycles. The van der Waals surface area contributed by atoms with Gasteiger partial charge < -0.3 is 10.6 Å². The highest BCUT2D eigenvalue weighted by Crippen LogP contribution is 2.29. The standard InChI is InChI=1S/C22H19ClN4O3S/c1-13-3-7-15(8-4-13)22(2)19(29)27(21(30)26-22)11-18(28)25-20-24-17(12-31-20)14-5-9-16(23)10-6-14/h3-10,12H,11H2,1-2H3,(H,26,30)(H,24,25,28). The molecule has 0 aliphatic carbocycles. The van der Waals surface area contributed by atoms with Crippen LogP contribution in [0.4, 0.5) is 9.93 Å². The van der Waals surface area contributed by atoms with Crippen molar-refractivity contribution in [2.24, 2.45) is 0 Å². The van der Waals surface area contributed by atoms with Crippen molar-refractivity contribution >= 4 is 45.9 Å². The number of urea groups is 1. The van der Waals surface area contributed by atoms with E-state index < -0.39 is 29.9 Å². The van der Waals surface area contributed by atoms with Crippen molar-refractivity contribution in [1.82, 2.24) is 15.2 Å². The Morgan fingerprint density at radius 2 is 1.84 bits per heavy atom. The second-order valence-electron chi connectivity index (χ2n) is 7.41. The zero-order chi connectivity index (χ0) is 22.2. The van der Waals surface area contributed by atoms with Crippen molar-refractivity contribution < 1.29 is 14.4 Å². The molecule has 1 aliphatic rings. The lowest BCUT2D eigenvalue weighted by molar-refractivity contribution is -0.133. The fraction of sp³-hybridized carbons (Fsp3) is 0.182. The van der Waals surface area contributed by atoms with E-state index in [1.165, 1.54) is 11.3 Å². The average Bonchev–Trinajstić information content (AvgIpc) is 3.28. The Kier molecular flexibility index (Phi) is 5.51. The first-order valence-corrected chi connectivity index (χ1v) is 10.7. The zero-order valence-corrected chi connectivity index (χ0v) is 18.4. The highest BCUT2D eigenvalue weighted by molar-refractivity contribution is 7.14. The summed E-state index contributed by atoms with van der Waals surface area (Å²) < 4.78 is 0. The van der Waals surface area contributed by atoms with Crippen LogP contribution in [0.25, 0.3) is 11.3 Å². The summed E-state index contributed by atoms with van der Waals surface area (Å²) in [4.78, 5) is 43.2. The molecule has 2 heterocycles. The molecular formula is C22H19ClN4O3S. The van der Waals surface area contributed by atoms with Crippen LogP contribution in [0, 0.1) is 6.92 Å². The molecule has 0 radical (unpaired) electrons. The number of thiazole rings is 1. The lowest BCUT2D eigenvalue weighted by Crippen LogP contribution is -2.42. The van der Waals surface area contributed by atoms with Crippen LogP contribution in [0.3, 0.4) is 0 Å². The SMILES string of the molecule is Cc1ccc(C2(C)NC(=O)N(CC(=O)Nc3nc(-c4ccc(Cl)cc4)cs3)C2=O)cc1. The highest BCUT2D eigenvalue weighted by atomic mass is 35.5. The summed E-state index contributed by atoms with van der Waals surface area (Å²) in [5, 5.41) is 8.16. The van der Waals surface area contributed by atoms with Crippen LogP contribution in [0.2, 0.25) is 5.02 Å². The Hall–Kier alpha value is -3.23. The molecule has 4 rings (SSSR count). The van der Waals surface area contributed by atoms with E-state index in [1.807, 2.05) is 31.2 Å². The average molecular weight is 455 g/mol. The summed E-state index contributed by atoms with van der Waals surface area (Å²) in [6.45, 7) is 3.17. The van der Waals surface area contributed by atoms with Gasteiger partial charge in [-0.1, -0.05) is 53.6 Å². The fourth-order valence-electron chi connectivity index (χ4n) is 3.31. The molecule has 9 heteroatoms. The minimum atomic E-state index is -1.21. The van der Waals surface area contributed by atoms with E-state index in [1.54, 1.807) is 36.6 Å². The second-order valence-corrected chi connectivity index (χ2v) is 8.70. The summed E-state index contributed by atoms with van der Waals surface area (Å²) in [5.74, 6) is -0.980. The van der Waals surface area contributed by atoms with E-state index in [2.05, 4.69) is 15.6 Å². The maximum absolute atomic E-state index is 13.0. The predicted octanol–water partition coefficient (Wildman–Crippen LogP) is 4.18. The number of benzene rings is 2. The maximum atomic E-state index is 13.0. The van der Waals surface area contributed by atoms with Gasteiger partial charge in [0, 0.05) is 16.0 Å². The Labute approximate surface area is 188 Å². The molecule has 1 fully saturated rings. The van der Waals surface area contributed by atoms with Gasteiger partial charge in [0.05, 0.1) is 5.69 Å². The monoisotopic (exact) mass is 454 g/mol. The number of nitrogens with zero attached hydrogens (tertiary/aromatic N) is 2. The third-order valence-corrected chi connectivity index (χ3v) is 6.11. The van der Waals surface area contributed by atoms with Crippen LogP contribution in [0.5, 0.6) is 0 Å². The molecule has 0 bridgehead atoms. The van der Waals surface area contributed by atoms with Crippen molar-refractivity contribution in [2.75, 3.05) is 11.9 Å². The van der Waals surface area contributed by atoms with Gasteiger partial charge in [-0.05, 0) is 31.5 Å². The number of aryl methyl sites for hydroxylation is 1. The van der Waals surface area contributed by atoms with Gasteiger partial charge in [0.2, 0.25) is 5.91 Å². The van der Waals surface area contributed by atoms with Gasteiger partial charge in [0.25, 0.3) is 5.91 Å². The molecular weight excluding hydrogens is 436 g/mol. The van der Waals surface area contributed by atoms with Crippen molar-refractivity contribution in [2.45, 2.75) is 19.4 Å². The number of carbonyl (C=O) groups is 3. The molecule has 158 valence electrons.